The first-order valence-corrected chi connectivity index (χ1v) is 10.1. The second kappa shape index (κ2) is 6.08. The van der Waals surface area contributed by atoms with Gasteiger partial charge in [-0.1, -0.05) is 36.4 Å². The molecule has 0 amide bonds. The van der Waals surface area contributed by atoms with Gasteiger partial charge in [-0.05, 0) is 77.1 Å². The van der Waals surface area contributed by atoms with Crippen molar-refractivity contribution in [2.45, 2.75) is 77.8 Å². The summed E-state index contributed by atoms with van der Waals surface area (Å²) in [4.78, 5) is 0. The van der Waals surface area contributed by atoms with Crippen molar-refractivity contribution in [3.63, 3.8) is 0 Å². The molecule has 2 fully saturated rings. The minimum absolute atomic E-state index is 0.390. The Balaban J connectivity index is 1.83. The van der Waals surface area contributed by atoms with Crippen molar-refractivity contribution in [3.05, 3.63) is 36.4 Å². The van der Waals surface area contributed by atoms with Gasteiger partial charge in [-0.25, -0.2) is 0 Å². The fraction of sp³-hybridized carbons (Fsp3) is 0.545. The van der Waals surface area contributed by atoms with E-state index >= 15 is 0 Å². The van der Waals surface area contributed by atoms with Crippen LogP contribution >= 0.6 is 0 Å². The highest BCUT2D eigenvalue weighted by Gasteiger charge is 2.54. The molecule has 0 spiro atoms. The minimum atomic E-state index is -0.433. The van der Waals surface area contributed by atoms with E-state index in [1.54, 1.807) is 0 Å². The Bertz CT molecular complexity index is 817. The SMILES string of the molecule is CC1(C)OB(c2cccc3cccc(B4OC(C)(C)C(C)(C)O4)c23)OC1(C)C. The van der Waals surface area contributed by atoms with Crippen molar-refractivity contribution in [3.8, 4) is 0 Å². The Kier molecular flexibility index (Phi) is 4.34. The number of hydrogen-bond donors (Lipinski definition) is 0. The molecule has 2 aromatic rings. The van der Waals surface area contributed by atoms with Crippen LogP contribution in [-0.4, -0.2) is 36.6 Å². The molecule has 4 nitrogen and oxygen atoms in total. The van der Waals surface area contributed by atoms with Crippen LogP contribution in [0.15, 0.2) is 36.4 Å². The Labute approximate surface area is 169 Å². The third-order valence-electron chi connectivity index (χ3n) is 6.98. The van der Waals surface area contributed by atoms with Gasteiger partial charge in [0.2, 0.25) is 0 Å². The molecule has 0 atom stereocenters. The number of benzene rings is 2. The van der Waals surface area contributed by atoms with Gasteiger partial charge < -0.3 is 18.6 Å². The molecule has 2 aliphatic rings. The summed E-state index contributed by atoms with van der Waals surface area (Å²) in [5.74, 6) is 0. The summed E-state index contributed by atoms with van der Waals surface area (Å²) < 4.78 is 25.4. The van der Waals surface area contributed by atoms with Crippen LogP contribution in [0.1, 0.15) is 55.4 Å². The van der Waals surface area contributed by atoms with Crippen molar-refractivity contribution in [2.75, 3.05) is 0 Å². The first-order valence-electron chi connectivity index (χ1n) is 10.1. The summed E-state index contributed by atoms with van der Waals surface area (Å²) in [6, 6.07) is 12.5. The maximum atomic E-state index is 6.35. The lowest BCUT2D eigenvalue weighted by molar-refractivity contribution is 0.00578. The van der Waals surface area contributed by atoms with E-state index in [0.29, 0.717) is 0 Å². The quantitative estimate of drug-likeness (QED) is 0.749. The summed E-state index contributed by atoms with van der Waals surface area (Å²) in [6.45, 7) is 16.6. The molecule has 2 aliphatic heterocycles. The van der Waals surface area contributed by atoms with E-state index < -0.39 is 14.2 Å². The van der Waals surface area contributed by atoms with Gasteiger partial charge in [0.15, 0.2) is 0 Å². The van der Waals surface area contributed by atoms with E-state index in [-0.39, 0.29) is 22.4 Å². The van der Waals surface area contributed by atoms with Crippen LogP contribution in [0.4, 0.5) is 0 Å². The molecule has 2 aromatic carbocycles. The molecule has 0 aliphatic carbocycles. The average Bonchev–Trinajstić information content (AvgIpc) is 2.93. The first-order chi connectivity index (χ1) is 12.8. The van der Waals surface area contributed by atoms with Gasteiger partial charge in [-0.2, -0.15) is 0 Å². The number of hydrogen-bond acceptors (Lipinski definition) is 4. The summed E-state index contributed by atoms with van der Waals surface area (Å²) in [7, 11) is -0.866. The maximum Gasteiger partial charge on any atom is 0.495 e. The highest BCUT2D eigenvalue weighted by Crippen LogP contribution is 2.38. The van der Waals surface area contributed by atoms with Crippen LogP contribution in [0.2, 0.25) is 0 Å². The van der Waals surface area contributed by atoms with E-state index in [0.717, 1.165) is 21.7 Å². The Morgan fingerprint density at radius 3 is 1.18 bits per heavy atom. The predicted octanol–water partition coefficient (Wildman–Crippen LogP) is 3.44. The highest BCUT2D eigenvalue weighted by molar-refractivity contribution is 6.71. The smallest absolute Gasteiger partial charge is 0.399 e. The Morgan fingerprint density at radius 1 is 0.536 bits per heavy atom. The van der Waals surface area contributed by atoms with Gasteiger partial charge in [-0.3, -0.25) is 0 Å². The van der Waals surface area contributed by atoms with Crippen LogP contribution in [0.25, 0.3) is 10.8 Å². The lowest BCUT2D eigenvalue weighted by atomic mass is 9.68. The normalized spacial score (nSPS) is 24.9. The Hall–Kier alpha value is -1.33. The average molecular weight is 380 g/mol. The topological polar surface area (TPSA) is 36.9 Å². The predicted molar refractivity (Wildman–Crippen MR) is 115 cm³/mol. The maximum absolute atomic E-state index is 6.35. The van der Waals surface area contributed by atoms with Crippen LogP contribution < -0.4 is 10.9 Å². The van der Waals surface area contributed by atoms with Crippen molar-refractivity contribution in [2.24, 2.45) is 0 Å². The molecule has 0 aromatic heterocycles. The third kappa shape index (κ3) is 2.93. The van der Waals surface area contributed by atoms with E-state index in [2.05, 4.69) is 91.8 Å². The summed E-state index contributed by atoms with van der Waals surface area (Å²) >= 11 is 0. The largest absolute Gasteiger partial charge is 0.495 e. The summed E-state index contributed by atoms with van der Waals surface area (Å²) in [6.07, 6.45) is 0. The molecule has 0 N–H and O–H groups in total. The molecule has 4 rings (SSSR count). The lowest BCUT2D eigenvalue weighted by Crippen LogP contribution is -2.41. The van der Waals surface area contributed by atoms with E-state index in [9.17, 15) is 0 Å². The van der Waals surface area contributed by atoms with Gasteiger partial charge in [0.05, 0.1) is 22.4 Å². The summed E-state index contributed by atoms with van der Waals surface area (Å²) in [5.41, 5.74) is 0.471. The molecule has 28 heavy (non-hydrogen) atoms. The van der Waals surface area contributed by atoms with Crippen molar-refractivity contribution in [1.82, 2.24) is 0 Å². The molecule has 0 unspecified atom stereocenters. The molecule has 6 heteroatoms. The molecule has 0 saturated carbocycles. The van der Waals surface area contributed by atoms with Gasteiger partial charge in [-0.15, -0.1) is 0 Å². The third-order valence-corrected chi connectivity index (χ3v) is 6.98. The number of fused-ring (bicyclic) bond motifs is 1. The fourth-order valence-corrected chi connectivity index (χ4v) is 3.73. The molecule has 2 saturated heterocycles. The molecule has 0 bridgehead atoms. The van der Waals surface area contributed by atoms with E-state index in [1.807, 2.05) is 0 Å². The second-order valence-electron chi connectivity index (χ2n) is 9.97. The molecular weight excluding hydrogens is 350 g/mol. The molecular formula is C22H30B2O4. The minimum Gasteiger partial charge on any atom is -0.399 e. The molecule has 2 heterocycles. The van der Waals surface area contributed by atoms with Crippen LogP contribution in [0.5, 0.6) is 0 Å². The summed E-state index contributed by atoms with van der Waals surface area (Å²) in [5, 5.41) is 2.21. The van der Waals surface area contributed by atoms with Crippen molar-refractivity contribution in [1.29, 1.82) is 0 Å². The van der Waals surface area contributed by atoms with Gasteiger partial charge in [0, 0.05) is 0 Å². The van der Waals surface area contributed by atoms with Gasteiger partial charge >= 0.3 is 14.2 Å². The zero-order chi connectivity index (χ0) is 20.5. The van der Waals surface area contributed by atoms with Crippen molar-refractivity contribution < 1.29 is 18.6 Å². The van der Waals surface area contributed by atoms with Gasteiger partial charge in [0.25, 0.3) is 0 Å². The monoisotopic (exact) mass is 380 g/mol. The van der Waals surface area contributed by atoms with Gasteiger partial charge in [0.1, 0.15) is 0 Å². The van der Waals surface area contributed by atoms with Crippen LogP contribution in [0.3, 0.4) is 0 Å². The second-order valence-corrected chi connectivity index (χ2v) is 9.97. The molecule has 148 valence electrons. The fourth-order valence-electron chi connectivity index (χ4n) is 3.73. The zero-order valence-corrected chi connectivity index (χ0v) is 18.3. The van der Waals surface area contributed by atoms with E-state index in [4.69, 9.17) is 18.6 Å². The van der Waals surface area contributed by atoms with Crippen LogP contribution in [-0.2, 0) is 18.6 Å². The lowest BCUT2D eigenvalue weighted by Gasteiger charge is -2.32. The highest BCUT2D eigenvalue weighted by atomic mass is 16.7. The van der Waals surface area contributed by atoms with E-state index in [1.165, 1.54) is 0 Å². The Morgan fingerprint density at radius 2 is 0.857 bits per heavy atom. The first kappa shape index (κ1) is 20.0. The zero-order valence-electron chi connectivity index (χ0n) is 18.3. The number of rotatable bonds is 2. The van der Waals surface area contributed by atoms with Crippen molar-refractivity contribution >= 4 is 35.9 Å². The standard InChI is InChI=1S/C22H30B2O4/c1-19(2)20(3,4)26-23(25-19)16-13-9-11-15-12-10-14-17(18(15)16)24-27-21(5,6)22(7,8)28-24/h9-14H,1-8H3. The molecule has 0 radical (unpaired) electrons. The van der Waals surface area contributed by atoms with Crippen LogP contribution in [0, 0.1) is 0 Å².